The number of carboxylic acids is 1. The number of hydrogen-bond acceptors (Lipinski definition) is 4. The van der Waals surface area contributed by atoms with Crippen molar-refractivity contribution < 1.29 is 14.6 Å². The molecule has 19 heavy (non-hydrogen) atoms. The fraction of sp³-hybridized carbons (Fsp3) is 0.929. The second-order valence-electron chi connectivity index (χ2n) is 6.12. The smallest absolute Gasteiger partial charge is 0.325 e. The van der Waals surface area contributed by atoms with Crippen LogP contribution in [0.5, 0.6) is 0 Å². The molecule has 3 aliphatic rings. The van der Waals surface area contributed by atoms with Crippen molar-refractivity contribution in [1.82, 2.24) is 5.32 Å². The predicted octanol–water partition coefficient (Wildman–Crippen LogP) is 1.88. The number of nitrogens with one attached hydrogen (secondary N) is 1. The average Bonchev–Trinajstić information content (AvgIpc) is 3.29. The first-order valence-electron chi connectivity index (χ1n) is 7.41. The summed E-state index contributed by atoms with van der Waals surface area (Å²) >= 11 is 1.76. The minimum Gasteiger partial charge on any atom is -0.480 e. The molecule has 1 heterocycles. The highest BCUT2D eigenvalue weighted by Crippen LogP contribution is 2.43. The van der Waals surface area contributed by atoms with Gasteiger partial charge in [-0.3, -0.25) is 10.1 Å². The van der Waals surface area contributed by atoms with Crippen molar-refractivity contribution >= 4 is 17.7 Å². The average molecular weight is 285 g/mol. The summed E-state index contributed by atoms with van der Waals surface area (Å²) in [5.41, 5.74) is -0.676. The molecule has 2 saturated carbocycles. The molecule has 0 amide bonds. The van der Waals surface area contributed by atoms with Crippen molar-refractivity contribution in [3.8, 4) is 0 Å². The van der Waals surface area contributed by atoms with Crippen LogP contribution in [0.3, 0.4) is 0 Å². The van der Waals surface area contributed by atoms with Gasteiger partial charge in [0.15, 0.2) is 0 Å². The SMILES string of the molecule is O=C(O)C(CSCC1CCCO1)(NC1CC1)C1CC1. The molecule has 0 spiro atoms. The Bertz CT molecular complexity index is 338. The van der Waals surface area contributed by atoms with E-state index in [-0.39, 0.29) is 0 Å². The summed E-state index contributed by atoms with van der Waals surface area (Å²) in [4.78, 5) is 11.8. The molecule has 2 unspecified atom stereocenters. The van der Waals surface area contributed by atoms with Crippen LogP contribution in [0.2, 0.25) is 0 Å². The minimum absolute atomic E-state index is 0.336. The molecule has 0 aromatic carbocycles. The molecule has 3 fully saturated rings. The van der Waals surface area contributed by atoms with Crippen LogP contribution in [-0.2, 0) is 9.53 Å². The zero-order valence-electron chi connectivity index (χ0n) is 11.3. The molecule has 2 aliphatic carbocycles. The van der Waals surface area contributed by atoms with Crippen LogP contribution >= 0.6 is 11.8 Å². The summed E-state index contributed by atoms with van der Waals surface area (Å²) in [6, 6.07) is 0.444. The number of carboxylic acid groups (broad SMARTS) is 1. The Labute approximate surface area is 118 Å². The van der Waals surface area contributed by atoms with E-state index in [1.807, 2.05) is 0 Å². The highest BCUT2D eigenvalue weighted by atomic mass is 32.2. The van der Waals surface area contributed by atoms with Gasteiger partial charge in [0.25, 0.3) is 0 Å². The Hall–Kier alpha value is -0.260. The number of rotatable bonds is 8. The quantitative estimate of drug-likeness (QED) is 0.713. The second kappa shape index (κ2) is 5.62. The van der Waals surface area contributed by atoms with Crippen molar-refractivity contribution in [2.24, 2.45) is 5.92 Å². The van der Waals surface area contributed by atoms with Gasteiger partial charge < -0.3 is 9.84 Å². The zero-order valence-corrected chi connectivity index (χ0v) is 12.1. The van der Waals surface area contributed by atoms with Gasteiger partial charge in [0.1, 0.15) is 5.54 Å². The molecule has 0 bridgehead atoms. The standard InChI is InChI=1S/C14H23NO3S/c16-13(17)14(10-3-4-10,15-11-5-6-11)9-19-8-12-2-1-7-18-12/h10-12,15H,1-9H2,(H,16,17). The summed E-state index contributed by atoms with van der Waals surface area (Å²) < 4.78 is 5.61. The largest absolute Gasteiger partial charge is 0.480 e. The van der Waals surface area contributed by atoms with Crippen LogP contribution in [0.25, 0.3) is 0 Å². The van der Waals surface area contributed by atoms with Gasteiger partial charge in [-0.2, -0.15) is 11.8 Å². The normalized spacial score (nSPS) is 30.2. The number of aliphatic carboxylic acids is 1. The molecule has 108 valence electrons. The Morgan fingerprint density at radius 3 is 2.63 bits per heavy atom. The van der Waals surface area contributed by atoms with Gasteiger partial charge in [-0.15, -0.1) is 0 Å². The van der Waals surface area contributed by atoms with E-state index in [0.29, 0.717) is 23.8 Å². The van der Waals surface area contributed by atoms with E-state index in [1.165, 1.54) is 0 Å². The first kappa shape index (κ1) is 13.7. The first-order valence-corrected chi connectivity index (χ1v) is 8.56. The molecule has 3 rings (SSSR count). The van der Waals surface area contributed by atoms with E-state index < -0.39 is 11.5 Å². The Morgan fingerprint density at radius 2 is 2.11 bits per heavy atom. The summed E-state index contributed by atoms with van der Waals surface area (Å²) in [6.07, 6.45) is 7.02. The van der Waals surface area contributed by atoms with Crippen molar-refractivity contribution in [2.45, 2.75) is 56.2 Å². The number of carbonyl (C=O) groups is 1. The van der Waals surface area contributed by atoms with Crippen LogP contribution in [-0.4, -0.2) is 46.9 Å². The third-order valence-corrected chi connectivity index (χ3v) is 5.62. The van der Waals surface area contributed by atoms with Gasteiger partial charge in [-0.1, -0.05) is 0 Å². The fourth-order valence-electron chi connectivity index (χ4n) is 2.87. The molecular weight excluding hydrogens is 262 g/mol. The fourth-order valence-corrected chi connectivity index (χ4v) is 4.28. The second-order valence-corrected chi connectivity index (χ2v) is 7.15. The molecule has 2 atom stereocenters. The lowest BCUT2D eigenvalue weighted by molar-refractivity contribution is -0.145. The summed E-state index contributed by atoms with van der Waals surface area (Å²) in [5.74, 6) is 1.31. The topological polar surface area (TPSA) is 58.6 Å². The van der Waals surface area contributed by atoms with E-state index in [9.17, 15) is 9.90 Å². The number of hydrogen-bond donors (Lipinski definition) is 2. The van der Waals surface area contributed by atoms with Crippen LogP contribution in [0, 0.1) is 5.92 Å². The predicted molar refractivity (Wildman–Crippen MR) is 75.5 cm³/mol. The van der Waals surface area contributed by atoms with Gasteiger partial charge in [0, 0.05) is 24.2 Å². The lowest BCUT2D eigenvalue weighted by Gasteiger charge is -2.31. The van der Waals surface area contributed by atoms with E-state index >= 15 is 0 Å². The van der Waals surface area contributed by atoms with E-state index in [4.69, 9.17) is 4.74 Å². The monoisotopic (exact) mass is 285 g/mol. The minimum atomic E-state index is -0.676. The molecule has 0 radical (unpaired) electrons. The molecular formula is C14H23NO3S. The molecule has 1 aliphatic heterocycles. The maximum absolute atomic E-state index is 11.8. The maximum atomic E-state index is 11.8. The number of thioether (sulfide) groups is 1. The van der Waals surface area contributed by atoms with Crippen LogP contribution < -0.4 is 5.32 Å². The van der Waals surface area contributed by atoms with Crippen LogP contribution in [0.4, 0.5) is 0 Å². The van der Waals surface area contributed by atoms with Crippen molar-refractivity contribution in [3.63, 3.8) is 0 Å². The number of ether oxygens (including phenoxy) is 1. The molecule has 4 nitrogen and oxygen atoms in total. The lowest BCUT2D eigenvalue weighted by atomic mass is 9.95. The molecule has 0 aromatic heterocycles. The zero-order chi connectivity index (χ0) is 13.3. The van der Waals surface area contributed by atoms with Crippen molar-refractivity contribution in [1.29, 1.82) is 0 Å². The van der Waals surface area contributed by atoms with E-state index in [1.54, 1.807) is 11.8 Å². The van der Waals surface area contributed by atoms with Gasteiger partial charge in [0.05, 0.1) is 6.10 Å². The van der Waals surface area contributed by atoms with Crippen molar-refractivity contribution in [2.75, 3.05) is 18.1 Å². The highest BCUT2D eigenvalue weighted by Gasteiger charge is 2.53. The Kier molecular flexibility index (Phi) is 4.06. The third-order valence-electron chi connectivity index (χ3n) is 4.35. The van der Waals surface area contributed by atoms with Crippen LogP contribution in [0.15, 0.2) is 0 Å². The maximum Gasteiger partial charge on any atom is 0.325 e. The third kappa shape index (κ3) is 3.26. The lowest BCUT2D eigenvalue weighted by Crippen LogP contribution is -2.57. The summed E-state index contributed by atoms with van der Waals surface area (Å²) in [6.45, 7) is 0.873. The molecule has 0 aromatic rings. The Balaban J connectivity index is 1.55. The summed E-state index contributed by atoms with van der Waals surface area (Å²) in [7, 11) is 0. The Morgan fingerprint density at radius 1 is 1.32 bits per heavy atom. The van der Waals surface area contributed by atoms with Gasteiger partial charge in [-0.05, 0) is 44.4 Å². The van der Waals surface area contributed by atoms with Crippen LogP contribution in [0.1, 0.15) is 38.5 Å². The van der Waals surface area contributed by atoms with Crippen molar-refractivity contribution in [3.05, 3.63) is 0 Å². The van der Waals surface area contributed by atoms with Gasteiger partial charge >= 0.3 is 5.97 Å². The first-order chi connectivity index (χ1) is 9.21. The van der Waals surface area contributed by atoms with Gasteiger partial charge in [0.2, 0.25) is 0 Å². The molecule has 2 N–H and O–H groups in total. The van der Waals surface area contributed by atoms with E-state index in [2.05, 4.69) is 5.32 Å². The molecule has 5 heteroatoms. The van der Waals surface area contributed by atoms with Gasteiger partial charge in [-0.25, -0.2) is 0 Å². The summed E-state index contributed by atoms with van der Waals surface area (Å²) in [5, 5.41) is 13.1. The van der Waals surface area contributed by atoms with E-state index in [0.717, 1.165) is 50.9 Å². The molecule has 1 saturated heterocycles. The highest BCUT2D eigenvalue weighted by molar-refractivity contribution is 7.99.